The molecule has 0 heterocycles. The first-order chi connectivity index (χ1) is 11.2. The number of para-hydroxylation sites is 1. The van der Waals surface area contributed by atoms with Crippen LogP contribution in [-0.2, 0) is 9.53 Å². The highest BCUT2D eigenvalue weighted by Crippen LogP contribution is 2.21. The van der Waals surface area contributed by atoms with Gasteiger partial charge in [0.15, 0.2) is 0 Å². The van der Waals surface area contributed by atoms with Gasteiger partial charge in [-0.25, -0.2) is 4.79 Å². The zero-order valence-electron chi connectivity index (χ0n) is 15.2. The fourth-order valence-corrected chi connectivity index (χ4v) is 2.05. The van der Waals surface area contributed by atoms with E-state index in [1.54, 1.807) is 20.8 Å². The predicted octanol–water partition coefficient (Wildman–Crippen LogP) is 2.71. The van der Waals surface area contributed by atoms with Gasteiger partial charge in [-0.05, 0) is 45.7 Å². The summed E-state index contributed by atoms with van der Waals surface area (Å²) in [5, 5.41) is 5.31. The normalized spacial score (nSPS) is 10.9. The van der Waals surface area contributed by atoms with Crippen molar-refractivity contribution in [1.82, 2.24) is 10.6 Å². The summed E-state index contributed by atoms with van der Waals surface area (Å²) < 4.78 is 10.8. The summed E-state index contributed by atoms with van der Waals surface area (Å²) >= 11 is 0. The van der Waals surface area contributed by atoms with Crippen molar-refractivity contribution in [2.75, 3.05) is 19.7 Å². The lowest BCUT2D eigenvalue weighted by Gasteiger charge is -2.19. The molecule has 6 heteroatoms. The van der Waals surface area contributed by atoms with E-state index in [9.17, 15) is 9.59 Å². The Bertz CT molecular complexity index is 544. The van der Waals surface area contributed by atoms with E-state index >= 15 is 0 Å². The van der Waals surface area contributed by atoms with Crippen molar-refractivity contribution in [3.05, 3.63) is 29.3 Å². The van der Waals surface area contributed by atoms with Gasteiger partial charge in [0.05, 0.1) is 6.54 Å². The largest absolute Gasteiger partial charge is 0.491 e. The minimum atomic E-state index is -0.544. The average molecular weight is 336 g/mol. The van der Waals surface area contributed by atoms with Crippen LogP contribution in [0.15, 0.2) is 18.2 Å². The van der Waals surface area contributed by atoms with E-state index in [-0.39, 0.29) is 18.9 Å². The molecule has 0 unspecified atom stereocenters. The van der Waals surface area contributed by atoms with Crippen LogP contribution < -0.4 is 15.4 Å². The van der Waals surface area contributed by atoms with Crippen LogP contribution in [0.2, 0.25) is 0 Å². The van der Waals surface area contributed by atoms with Gasteiger partial charge in [-0.3, -0.25) is 4.79 Å². The first-order valence-corrected chi connectivity index (χ1v) is 8.11. The van der Waals surface area contributed by atoms with E-state index < -0.39 is 11.7 Å². The molecule has 0 saturated heterocycles. The van der Waals surface area contributed by atoms with Crippen LogP contribution in [0, 0.1) is 13.8 Å². The molecule has 0 spiro atoms. The van der Waals surface area contributed by atoms with Crippen LogP contribution in [0.1, 0.15) is 38.3 Å². The monoisotopic (exact) mass is 336 g/mol. The van der Waals surface area contributed by atoms with Crippen molar-refractivity contribution in [1.29, 1.82) is 0 Å². The van der Waals surface area contributed by atoms with Crippen molar-refractivity contribution >= 4 is 12.0 Å². The third kappa shape index (κ3) is 7.85. The quantitative estimate of drug-likeness (QED) is 0.751. The van der Waals surface area contributed by atoms with E-state index in [2.05, 4.69) is 10.6 Å². The Hall–Kier alpha value is -2.24. The van der Waals surface area contributed by atoms with Crippen molar-refractivity contribution in [3.8, 4) is 5.75 Å². The molecule has 134 valence electrons. The molecule has 1 rings (SSSR count). The zero-order chi connectivity index (χ0) is 18.2. The van der Waals surface area contributed by atoms with Gasteiger partial charge in [-0.1, -0.05) is 18.2 Å². The van der Waals surface area contributed by atoms with E-state index in [4.69, 9.17) is 9.47 Å². The minimum Gasteiger partial charge on any atom is -0.491 e. The highest BCUT2D eigenvalue weighted by atomic mass is 16.6. The maximum Gasteiger partial charge on any atom is 0.407 e. The van der Waals surface area contributed by atoms with Gasteiger partial charge in [0.1, 0.15) is 18.0 Å². The molecule has 0 radical (unpaired) electrons. The number of alkyl carbamates (subject to hydrolysis) is 1. The summed E-state index contributed by atoms with van der Waals surface area (Å²) in [6.45, 7) is 10.4. The Kier molecular flexibility index (Phi) is 7.55. The van der Waals surface area contributed by atoms with Crippen molar-refractivity contribution < 1.29 is 19.1 Å². The lowest BCUT2D eigenvalue weighted by atomic mass is 10.1. The summed E-state index contributed by atoms with van der Waals surface area (Å²) in [5.41, 5.74) is 1.60. The highest BCUT2D eigenvalue weighted by Gasteiger charge is 2.15. The number of amides is 2. The Morgan fingerprint density at radius 3 is 2.25 bits per heavy atom. The second kappa shape index (κ2) is 9.15. The Balaban J connectivity index is 2.17. The summed E-state index contributed by atoms with van der Waals surface area (Å²) in [6.07, 6.45) is -0.323. The molecule has 24 heavy (non-hydrogen) atoms. The third-order valence-electron chi connectivity index (χ3n) is 3.10. The lowest BCUT2D eigenvalue weighted by Crippen LogP contribution is -2.35. The third-order valence-corrected chi connectivity index (χ3v) is 3.10. The molecule has 0 saturated carbocycles. The van der Waals surface area contributed by atoms with Gasteiger partial charge < -0.3 is 20.1 Å². The molecule has 1 aromatic carbocycles. The van der Waals surface area contributed by atoms with Crippen LogP contribution in [0.5, 0.6) is 5.75 Å². The highest BCUT2D eigenvalue weighted by molar-refractivity contribution is 5.77. The molecule has 6 nitrogen and oxygen atoms in total. The number of aryl methyl sites for hydroxylation is 2. The Morgan fingerprint density at radius 2 is 1.67 bits per heavy atom. The van der Waals surface area contributed by atoms with E-state index in [1.807, 2.05) is 32.0 Å². The van der Waals surface area contributed by atoms with Crippen LogP contribution in [0.25, 0.3) is 0 Å². The van der Waals surface area contributed by atoms with Crippen LogP contribution in [0.4, 0.5) is 4.79 Å². The van der Waals surface area contributed by atoms with Crippen molar-refractivity contribution in [3.63, 3.8) is 0 Å². The van der Waals surface area contributed by atoms with E-state index in [0.29, 0.717) is 13.2 Å². The first-order valence-electron chi connectivity index (χ1n) is 8.11. The summed E-state index contributed by atoms with van der Waals surface area (Å²) in [7, 11) is 0. The van der Waals surface area contributed by atoms with Gasteiger partial charge in [0.25, 0.3) is 0 Å². The molecule has 0 aliphatic rings. The topological polar surface area (TPSA) is 76.7 Å². The molecule has 0 aliphatic carbocycles. The fraction of sp³-hybridized carbons (Fsp3) is 0.556. The molecule has 2 N–H and O–H groups in total. The molecular formula is C18H28N2O4. The van der Waals surface area contributed by atoms with Crippen LogP contribution >= 0.6 is 0 Å². The van der Waals surface area contributed by atoms with Crippen LogP contribution in [-0.4, -0.2) is 37.3 Å². The summed E-state index contributed by atoms with van der Waals surface area (Å²) in [5.74, 6) is 0.717. The number of benzene rings is 1. The van der Waals surface area contributed by atoms with E-state index in [0.717, 1.165) is 16.9 Å². The Labute approximate surface area is 143 Å². The molecule has 2 amide bonds. The number of carbonyl (C=O) groups is 2. The lowest BCUT2D eigenvalue weighted by molar-refractivity contribution is -0.121. The van der Waals surface area contributed by atoms with Gasteiger partial charge in [0.2, 0.25) is 5.91 Å². The average Bonchev–Trinajstić information content (AvgIpc) is 2.44. The summed E-state index contributed by atoms with van der Waals surface area (Å²) in [4.78, 5) is 23.1. The number of carbonyl (C=O) groups excluding carboxylic acids is 2. The van der Waals surface area contributed by atoms with Gasteiger partial charge in [0, 0.05) is 13.0 Å². The van der Waals surface area contributed by atoms with Crippen LogP contribution in [0.3, 0.4) is 0 Å². The predicted molar refractivity (Wildman–Crippen MR) is 93.3 cm³/mol. The maximum absolute atomic E-state index is 11.7. The van der Waals surface area contributed by atoms with Gasteiger partial charge in [-0.2, -0.15) is 0 Å². The second-order valence-electron chi connectivity index (χ2n) is 6.60. The molecule has 0 aromatic heterocycles. The number of rotatable bonds is 7. The molecule has 0 aliphatic heterocycles. The molecular weight excluding hydrogens is 308 g/mol. The summed E-state index contributed by atoms with van der Waals surface area (Å²) in [6, 6.07) is 5.96. The second-order valence-corrected chi connectivity index (χ2v) is 6.60. The molecule has 0 fully saturated rings. The number of hydrogen-bond acceptors (Lipinski definition) is 4. The Morgan fingerprint density at radius 1 is 1.04 bits per heavy atom. The van der Waals surface area contributed by atoms with Crippen molar-refractivity contribution in [2.24, 2.45) is 0 Å². The smallest absolute Gasteiger partial charge is 0.407 e. The zero-order valence-corrected chi connectivity index (χ0v) is 15.2. The fourth-order valence-electron chi connectivity index (χ4n) is 2.05. The minimum absolute atomic E-state index is 0.142. The SMILES string of the molecule is Cc1cccc(C)c1OCCNC(=O)CCNC(=O)OC(C)(C)C. The van der Waals surface area contributed by atoms with Gasteiger partial charge in [-0.15, -0.1) is 0 Å². The number of nitrogens with one attached hydrogen (secondary N) is 2. The van der Waals surface area contributed by atoms with Gasteiger partial charge >= 0.3 is 6.09 Å². The van der Waals surface area contributed by atoms with Crippen molar-refractivity contribution in [2.45, 2.75) is 46.6 Å². The van der Waals surface area contributed by atoms with E-state index in [1.165, 1.54) is 0 Å². The molecule has 0 bridgehead atoms. The number of ether oxygens (including phenoxy) is 2. The standard InChI is InChI=1S/C18H28N2O4/c1-13-7-6-8-14(2)16(13)23-12-11-19-15(21)9-10-20-17(22)24-18(3,4)5/h6-8H,9-12H2,1-5H3,(H,19,21)(H,20,22). The number of hydrogen-bond donors (Lipinski definition) is 2. The maximum atomic E-state index is 11.7. The first kappa shape index (κ1) is 19.8. The molecule has 0 atom stereocenters. The molecule has 1 aromatic rings.